The fraction of sp³-hybridized carbons (Fsp3) is 0.636. The lowest BCUT2D eigenvalue weighted by Gasteiger charge is -2.33. The Morgan fingerprint density at radius 3 is 1.03 bits per heavy atom. The van der Waals surface area contributed by atoms with E-state index in [4.69, 9.17) is 0 Å². The normalized spacial score (nSPS) is 15.8. The van der Waals surface area contributed by atoms with Gasteiger partial charge in [-0.25, -0.2) is 0 Å². The molecule has 0 radical (unpaired) electrons. The molecule has 1 fully saturated rings. The molecular formula is C33H50O2. The van der Waals surface area contributed by atoms with E-state index in [0.717, 1.165) is 60.8 Å². The number of hydrogen-bond donors (Lipinski definition) is 2. The Morgan fingerprint density at radius 1 is 0.543 bits per heavy atom. The molecule has 0 unspecified atom stereocenters. The van der Waals surface area contributed by atoms with Crippen LogP contribution < -0.4 is 0 Å². The molecule has 2 aromatic carbocycles. The maximum absolute atomic E-state index is 11.2. The Kier molecular flexibility index (Phi) is 9.00. The Morgan fingerprint density at radius 2 is 0.800 bits per heavy atom. The monoisotopic (exact) mass is 478 g/mol. The predicted octanol–water partition coefficient (Wildman–Crippen LogP) is 8.75. The van der Waals surface area contributed by atoms with Crippen molar-refractivity contribution < 1.29 is 10.2 Å². The first-order valence-corrected chi connectivity index (χ1v) is 14.1. The summed E-state index contributed by atoms with van der Waals surface area (Å²) in [5.74, 6) is 2.99. The molecule has 1 aliphatic carbocycles. The highest BCUT2D eigenvalue weighted by Crippen LogP contribution is 2.49. The number of phenolic OH excluding ortho intramolecular Hbond substituents is 2. The fourth-order valence-corrected chi connectivity index (χ4v) is 6.18. The molecule has 2 heteroatoms. The molecule has 3 rings (SSSR count). The van der Waals surface area contributed by atoms with Crippen LogP contribution in [0, 0.1) is 23.7 Å². The molecule has 0 aliphatic heterocycles. The maximum atomic E-state index is 11.2. The van der Waals surface area contributed by atoms with Gasteiger partial charge in [-0.2, -0.15) is 0 Å². The summed E-state index contributed by atoms with van der Waals surface area (Å²) in [7, 11) is 0. The van der Waals surface area contributed by atoms with Crippen molar-refractivity contribution in [3.63, 3.8) is 0 Å². The third-order valence-electron chi connectivity index (χ3n) is 7.61. The first-order valence-electron chi connectivity index (χ1n) is 14.1. The molecule has 1 saturated carbocycles. The molecule has 35 heavy (non-hydrogen) atoms. The quantitative estimate of drug-likeness (QED) is 0.358. The highest BCUT2D eigenvalue weighted by atomic mass is 16.3. The van der Waals surface area contributed by atoms with Gasteiger partial charge in [0.15, 0.2) is 0 Å². The van der Waals surface area contributed by atoms with Crippen molar-refractivity contribution in [2.75, 3.05) is 0 Å². The van der Waals surface area contributed by atoms with Crippen LogP contribution in [0.15, 0.2) is 24.3 Å². The third kappa shape index (κ3) is 6.43. The van der Waals surface area contributed by atoms with Crippen LogP contribution in [0.5, 0.6) is 11.5 Å². The summed E-state index contributed by atoms with van der Waals surface area (Å²) in [6.45, 7) is 17.9. The van der Waals surface area contributed by atoms with Gasteiger partial charge in [-0.05, 0) is 95.6 Å². The molecule has 194 valence electrons. The summed E-state index contributed by atoms with van der Waals surface area (Å²) in [6.07, 6.45) is 8.29. The van der Waals surface area contributed by atoms with E-state index in [1.165, 1.54) is 24.0 Å². The lowest BCUT2D eigenvalue weighted by atomic mass is 9.70. The summed E-state index contributed by atoms with van der Waals surface area (Å²) in [5.41, 5.74) is 7.10. The van der Waals surface area contributed by atoms with Crippen LogP contribution in [0.2, 0.25) is 0 Å². The van der Waals surface area contributed by atoms with Crippen molar-refractivity contribution >= 4 is 0 Å². The molecule has 0 atom stereocenters. The van der Waals surface area contributed by atoms with Crippen molar-refractivity contribution in [1.82, 2.24) is 0 Å². The van der Waals surface area contributed by atoms with E-state index >= 15 is 0 Å². The van der Waals surface area contributed by atoms with Gasteiger partial charge in [0.1, 0.15) is 11.5 Å². The Bertz CT molecular complexity index is 853. The van der Waals surface area contributed by atoms with Crippen LogP contribution >= 0.6 is 0 Å². The van der Waals surface area contributed by atoms with E-state index in [9.17, 15) is 10.2 Å². The molecule has 0 amide bonds. The van der Waals surface area contributed by atoms with E-state index in [2.05, 4.69) is 79.7 Å². The highest BCUT2D eigenvalue weighted by molar-refractivity contribution is 5.54. The second-order valence-electron chi connectivity index (χ2n) is 13.0. The first-order chi connectivity index (χ1) is 16.4. The van der Waals surface area contributed by atoms with E-state index in [0.29, 0.717) is 35.2 Å². The third-order valence-corrected chi connectivity index (χ3v) is 7.61. The van der Waals surface area contributed by atoms with E-state index < -0.39 is 0 Å². The van der Waals surface area contributed by atoms with Gasteiger partial charge >= 0.3 is 0 Å². The SMILES string of the molecule is CC(C)Cc1cc(C2(c3cc(CC(C)C)c(O)c(CC(C)C)c3)CCCC2)cc(CC(C)C)c1O. The van der Waals surface area contributed by atoms with Crippen LogP contribution in [0.1, 0.15) is 114 Å². The second kappa shape index (κ2) is 11.4. The average molecular weight is 479 g/mol. The fourth-order valence-electron chi connectivity index (χ4n) is 6.18. The van der Waals surface area contributed by atoms with Crippen molar-refractivity contribution in [3.8, 4) is 11.5 Å². The van der Waals surface area contributed by atoms with Gasteiger partial charge in [-0.3, -0.25) is 0 Å². The molecule has 0 saturated heterocycles. The van der Waals surface area contributed by atoms with Crippen molar-refractivity contribution in [2.24, 2.45) is 23.7 Å². The van der Waals surface area contributed by atoms with Gasteiger partial charge < -0.3 is 10.2 Å². The number of benzene rings is 2. The summed E-state index contributed by atoms with van der Waals surface area (Å²) in [4.78, 5) is 0. The maximum Gasteiger partial charge on any atom is 0.121 e. The zero-order valence-corrected chi connectivity index (χ0v) is 23.7. The van der Waals surface area contributed by atoms with Gasteiger partial charge in [0.25, 0.3) is 0 Å². The Hall–Kier alpha value is -1.96. The van der Waals surface area contributed by atoms with E-state index in [-0.39, 0.29) is 5.41 Å². The molecule has 0 spiro atoms. The zero-order valence-electron chi connectivity index (χ0n) is 23.7. The first kappa shape index (κ1) is 27.6. The van der Waals surface area contributed by atoms with Crippen molar-refractivity contribution in [3.05, 3.63) is 57.6 Å². The minimum Gasteiger partial charge on any atom is -0.507 e. The molecule has 0 heterocycles. The van der Waals surface area contributed by atoms with Gasteiger partial charge in [-0.1, -0.05) is 92.5 Å². The van der Waals surface area contributed by atoms with Crippen molar-refractivity contribution in [1.29, 1.82) is 0 Å². The second-order valence-corrected chi connectivity index (χ2v) is 13.0. The molecule has 2 N–H and O–H groups in total. The van der Waals surface area contributed by atoms with Crippen LogP contribution in [-0.2, 0) is 31.1 Å². The molecular weight excluding hydrogens is 428 g/mol. The zero-order chi connectivity index (χ0) is 25.9. The summed E-state index contributed by atoms with van der Waals surface area (Å²) in [5, 5.41) is 22.4. The molecule has 1 aliphatic rings. The standard InChI is InChI=1S/C33H50O2/c1-21(2)13-25-17-29(18-26(31(25)34)14-22(3)4)33(11-9-10-12-33)30-19-27(15-23(5)6)32(35)28(20-30)16-24(7)8/h17-24,34-35H,9-16H2,1-8H3. The number of phenols is 2. The Labute approximate surface area is 215 Å². The lowest BCUT2D eigenvalue weighted by Crippen LogP contribution is -2.25. The molecule has 2 nitrogen and oxygen atoms in total. The molecule has 0 aromatic heterocycles. The lowest BCUT2D eigenvalue weighted by molar-refractivity contribution is 0.444. The van der Waals surface area contributed by atoms with Crippen molar-refractivity contribution in [2.45, 2.75) is 112 Å². The Balaban J connectivity index is 2.25. The van der Waals surface area contributed by atoms with Crippen LogP contribution in [0.25, 0.3) is 0 Å². The summed E-state index contributed by atoms with van der Waals surface area (Å²) >= 11 is 0. The van der Waals surface area contributed by atoms with Crippen LogP contribution in [0.3, 0.4) is 0 Å². The predicted molar refractivity (Wildman–Crippen MR) is 150 cm³/mol. The number of hydrogen-bond acceptors (Lipinski definition) is 2. The summed E-state index contributed by atoms with van der Waals surface area (Å²) < 4.78 is 0. The minimum absolute atomic E-state index is 0.0453. The molecule has 2 aromatic rings. The molecule has 0 bridgehead atoms. The average Bonchev–Trinajstić information content (AvgIpc) is 3.23. The van der Waals surface area contributed by atoms with Gasteiger partial charge in [0, 0.05) is 5.41 Å². The van der Waals surface area contributed by atoms with E-state index in [1.54, 1.807) is 0 Å². The van der Waals surface area contributed by atoms with E-state index in [1.807, 2.05) is 0 Å². The topological polar surface area (TPSA) is 40.5 Å². The van der Waals surface area contributed by atoms with Gasteiger partial charge in [-0.15, -0.1) is 0 Å². The minimum atomic E-state index is -0.0453. The highest BCUT2D eigenvalue weighted by Gasteiger charge is 2.39. The van der Waals surface area contributed by atoms with Gasteiger partial charge in [0.05, 0.1) is 0 Å². The van der Waals surface area contributed by atoms with Crippen LogP contribution in [0.4, 0.5) is 0 Å². The van der Waals surface area contributed by atoms with Gasteiger partial charge in [0.2, 0.25) is 0 Å². The van der Waals surface area contributed by atoms with Crippen LogP contribution in [-0.4, -0.2) is 10.2 Å². The summed E-state index contributed by atoms with van der Waals surface area (Å²) in [6, 6.07) is 9.28. The largest absolute Gasteiger partial charge is 0.507 e. The number of aromatic hydroxyl groups is 2. The number of rotatable bonds is 10. The smallest absolute Gasteiger partial charge is 0.121 e.